The van der Waals surface area contributed by atoms with Gasteiger partial charge in [-0.3, -0.25) is 14.9 Å². The van der Waals surface area contributed by atoms with Gasteiger partial charge in [0.05, 0.1) is 9.82 Å². The largest absolute Gasteiger partial charge is 0.471 e. The van der Waals surface area contributed by atoms with E-state index in [-0.39, 0.29) is 5.56 Å². The third-order valence-corrected chi connectivity index (χ3v) is 3.72. The number of halogens is 4. The Bertz CT molecular complexity index is 717. The molecule has 21 heavy (non-hydrogen) atoms. The summed E-state index contributed by atoms with van der Waals surface area (Å²) in [6.07, 6.45) is -5.25. The molecular weight excluding hydrogens is 341 g/mol. The number of alkyl halides is 3. The highest BCUT2D eigenvalue weighted by molar-refractivity contribution is 8.13. The van der Waals surface area contributed by atoms with Gasteiger partial charge in [-0.1, -0.05) is 0 Å². The molecule has 1 aromatic rings. The standard InChI is InChI=1S/C9H6ClF3N2O5S/c1-4-2-5(14-8(16)9(11,12)13)6(15(17)18)3-7(4)21(10,19)20/h2-3H,1H3,(H,14,16). The van der Waals surface area contributed by atoms with Crippen LogP contribution in [-0.4, -0.2) is 25.4 Å². The van der Waals surface area contributed by atoms with Crippen LogP contribution in [0.3, 0.4) is 0 Å². The highest BCUT2D eigenvalue weighted by Crippen LogP contribution is 2.33. The zero-order chi connectivity index (χ0) is 16.6. The van der Waals surface area contributed by atoms with E-state index in [0.717, 1.165) is 13.0 Å². The quantitative estimate of drug-likeness (QED) is 0.513. The van der Waals surface area contributed by atoms with Gasteiger partial charge in [0.15, 0.2) is 0 Å². The van der Waals surface area contributed by atoms with E-state index in [9.17, 15) is 36.5 Å². The number of nitrogens with zero attached hydrogens (tertiary/aromatic N) is 1. The van der Waals surface area contributed by atoms with Crippen molar-refractivity contribution < 1.29 is 31.3 Å². The summed E-state index contributed by atoms with van der Waals surface area (Å²) in [6.45, 7) is 1.15. The van der Waals surface area contributed by atoms with E-state index in [4.69, 9.17) is 10.7 Å². The van der Waals surface area contributed by atoms with Gasteiger partial charge in [0, 0.05) is 16.7 Å². The first kappa shape index (κ1) is 17.2. The number of nitro benzene ring substituents is 1. The number of hydrogen-bond acceptors (Lipinski definition) is 5. The predicted octanol–water partition coefficient (Wildman–Crippen LogP) is 2.33. The molecule has 1 N–H and O–H groups in total. The molecule has 0 spiro atoms. The van der Waals surface area contributed by atoms with E-state index in [1.807, 2.05) is 0 Å². The molecule has 0 saturated heterocycles. The molecule has 1 amide bonds. The first-order valence-corrected chi connectivity index (χ1v) is 7.27. The van der Waals surface area contributed by atoms with Crippen LogP contribution in [0.4, 0.5) is 24.5 Å². The van der Waals surface area contributed by atoms with Crippen molar-refractivity contribution in [2.24, 2.45) is 0 Å². The van der Waals surface area contributed by atoms with Crippen LogP contribution in [0.1, 0.15) is 5.56 Å². The summed E-state index contributed by atoms with van der Waals surface area (Å²) in [7, 11) is 0.723. The second kappa shape index (κ2) is 5.48. The molecule has 0 heterocycles. The lowest BCUT2D eigenvalue weighted by Gasteiger charge is -2.10. The van der Waals surface area contributed by atoms with Crippen LogP contribution in [0.15, 0.2) is 17.0 Å². The lowest BCUT2D eigenvalue weighted by molar-refractivity contribution is -0.384. The van der Waals surface area contributed by atoms with E-state index >= 15 is 0 Å². The maximum atomic E-state index is 12.1. The van der Waals surface area contributed by atoms with E-state index in [1.54, 1.807) is 0 Å². The Morgan fingerprint density at radius 2 is 1.90 bits per heavy atom. The molecule has 12 heteroatoms. The summed E-state index contributed by atoms with van der Waals surface area (Å²) < 4.78 is 58.8. The Kier molecular flexibility index (Phi) is 4.48. The molecule has 7 nitrogen and oxygen atoms in total. The lowest BCUT2D eigenvalue weighted by Crippen LogP contribution is -2.30. The molecule has 0 unspecified atom stereocenters. The Morgan fingerprint density at radius 3 is 2.29 bits per heavy atom. The molecule has 116 valence electrons. The molecule has 0 radical (unpaired) electrons. The normalized spacial score (nSPS) is 12.0. The van der Waals surface area contributed by atoms with Crippen molar-refractivity contribution in [1.29, 1.82) is 0 Å². The maximum Gasteiger partial charge on any atom is 0.471 e. The molecule has 1 rings (SSSR count). The Balaban J connectivity index is 3.44. The van der Waals surface area contributed by atoms with Crippen LogP contribution in [0, 0.1) is 17.0 Å². The second-order valence-electron chi connectivity index (χ2n) is 3.78. The van der Waals surface area contributed by atoms with Crippen molar-refractivity contribution in [3.05, 3.63) is 27.8 Å². The van der Waals surface area contributed by atoms with Crippen molar-refractivity contribution in [3.8, 4) is 0 Å². The minimum Gasteiger partial charge on any atom is -0.312 e. The molecule has 0 aromatic heterocycles. The summed E-state index contributed by atoms with van der Waals surface area (Å²) in [6, 6.07) is 1.20. The van der Waals surface area contributed by atoms with Crippen LogP contribution < -0.4 is 5.32 Å². The van der Waals surface area contributed by atoms with Gasteiger partial charge in [-0.15, -0.1) is 0 Å². The third-order valence-electron chi connectivity index (χ3n) is 2.26. The van der Waals surface area contributed by atoms with Gasteiger partial charge in [0.1, 0.15) is 5.69 Å². The Hall–Kier alpha value is -1.88. The molecule has 0 aliphatic carbocycles. The number of anilines is 1. The van der Waals surface area contributed by atoms with Crippen LogP contribution in [0.2, 0.25) is 0 Å². The van der Waals surface area contributed by atoms with Gasteiger partial charge >= 0.3 is 12.1 Å². The number of amides is 1. The van der Waals surface area contributed by atoms with Crippen molar-refractivity contribution in [3.63, 3.8) is 0 Å². The number of benzene rings is 1. The van der Waals surface area contributed by atoms with Gasteiger partial charge in [-0.2, -0.15) is 13.2 Å². The van der Waals surface area contributed by atoms with E-state index in [0.29, 0.717) is 6.07 Å². The molecule has 0 atom stereocenters. The fourth-order valence-electron chi connectivity index (χ4n) is 1.38. The molecule has 0 aliphatic heterocycles. The van der Waals surface area contributed by atoms with Crippen LogP contribution in [0.25, 0.3) is 0 Å². The van der Waals surface area contributed by atoms with Crippen molar-refractivity contribution in [2.45, 2.75) is 18.0 Å². The minimum atomic E-state index is -5.25. The zero-order valence-electron chi connectivity index (χ0n) is 10.1. The molecular formula is C9H6ClF3N2O5S. The predicted molar refractivity (Wildman–Crippen MR) is 65.6 cm³/mol. The molecule has 0 fully saturated rings. The molecule has 0 saturated carbocycles. The van der Waals surface area contributed by atoms with Gasteiger partial charge in [-0.05, 0) is 18.6 Å². The van der Waals surface area contributed by atoms with E-state index in [2.05, 4.69) is 0 Å². The average molecular weight is 347 g/mol. The van der Waals surface area contributed by atoms with Gasteiger partial charge < -0.3 is 5.32 Å². The number of carbonyl (C=O) groups is 1. The number of nitrogens with one attached hydrogen (secondary N) is 1. The smallest absolute Gasteiger partial charge is 0.312 e. The van der Waals surface area contributed by atoms with Crippen molar-refractivity contribution >= 4 is 37.0 Å². The second-order valence-corrected chi connectivity index (χ2v) is 6.32. The van der Waals surface area contributed by atoms with Crippen LogP contribution >= 0.6 is 10.7 Å². The topological polar surface area (TPSA) is 106 Å². The highest BCUT2D eigenvalue weighted by atomic mass is 35.7. The average Bonchev–Trinajstić information content (AvgIpc) is 2.25. The fraction of sp³-hybridized carbons (Fsp3) is 0.222. The molecule has 1 aromatic carbocycles. The van der Waals surface area contributed by atoms with E-state index < -0.39 is 42.3 Å². The van der Waals surface area contributed by atoms with Crippen LogP contribution in [-0.2, 0) is 13.8 Å². The summed E-state index contributed by atoms with van der Waals surface area (Å²) in [5.74, 6) is -2.42. The zero-order valence-corrected chi connectivity index (χ0v) is 11.6. The Labute approximate surface area is 120 Å². The summed E-state index contributed by atoms with van der Waals surface area (Å²) >= 11 is 0. The minimum absolute atomic E-state index is 0.159. The number of aryl methyl sites for hydroxylation is 1. The monoisotopic (exact) mass is 346 g/mol. The number of rotatable bonds is 3. The third kappa shape index (κ3) is 4.04. The van der Waals surface area contributed by atoms with Gasteiger partial charge in [-0.25, -0.2) is 8.42 Å². The number of carbonyl (C=O) groups excluding carboxylic acids is 1. The van der Waals surface area contributed by atoms with Gasteiger partial charge in [0.25, 0.3) is 14.7 Å². The molecule has 0 bridgehead atoms. The maximum absolute atomic E-state index is 12.1. The Morgan fingerprint density at radius 1 is 1.38 bits per heavy atom. The van der Waals surface area contributed by atoms with Gasteiger partial charge in [0.2, 0.25) is 0 Å². The van der Waals surface area contributed by atoms with Crippen molar-refractivity contribution in [2.75, 3.05) is 5.32 Å². The SMILES string of the molecule is Cc1cc(NC(=O)C(F)(F)F)c([N+](=O)[O-])cc1S(=O)(=O)Cl. The summed E-state index contributed by atoms with van der Waals surface area (Å²) in [5, 5.41) is 12.1. The summed E-state index contributed by atoms with van der Waals surface area (Å²) in [5.41, 5.74) is -1.98. The van der Waals surface area contributed by atoms with Crippen LogP contribution in [0.5, 0.6) is 0 Å². The van der Waals surface area contributed by atoms with Crippen molar-refractivity contribution in [1.82, 2.24) is 0 Å². The first-order chi connectivity index (χ1) is 9.34. The lowest BCUT2D eigenvalue weighted by atomic mass is 10.2. The summed E-state index contributed by atoms with van der Waals surface area (Å²) in [4.78, 5) is 19.8. The number of hydrogen-bond donors (Lipinski definition) is 1. The fourth-order valence-corrected chi connectivity index (χ4v) is 2.58. The highest BCUT2D eigenvalue weighted by Gasteiger charge is 2.40. The van der Waals surface area contributed by atoms with E-state index in [1.165, 1.54) is 5.32 Å². The molecule has 0 aliphatic rings. The number of nitro groups is 1. The first-order valence-electron chi connectivity index (χ1n) is 4.96.